The second kappa shape index (κ2) is 10.7. The molecule has 0 spiro atoms. The van der Waals surface area contributed by atoms with Gasteiger partial charge < -0.3 is 10.1 Å². The molecule has 1 atom stereocenters. The van der Waals surface area contributed by atoms with Crippen LogP contribution in [0.1, 0.15) is 18.5 Å². The molecule has 0 saturated heterocycles. The molecule has 3 aromatic rings. The van der Waals surface area contributed by atoms with Crippen molar-refractivity contribution >= 4 is 34.6 Å². The van der Waals surface area contributed by atoms with E-state index in [2.05, 4.69) is 15.6 Å². The second-order valence-electron chi connectivity index (χ2n) is 6.90. The van der Waals surface area contributed by atoms with Gasteiger partial charge in [-0.15, -0.1) is 0 Å². The van der Waals surface area contributed by atoms with Crippen molar-refractivity contribution in [2.75, 3.05) is 19.5 Å². The molecular weight excluding hydrogens is 416 g/mol. The largest absolute Gasteiger partial charge is 0.383 e. The first-order valence-electron chi connectivity index (χ1n) is 9.74. The zero-order valence-electron chi connectivity index (χ0n) is 17.3. The summed E-state index contributed by atoms with van der Waals surface area (Å²) in [5.41, 5.74) is 1.28. The molecular formula is C22H24N4O4S. The van der Waals surface area contributed by atoms with E-state index < -0.39 is 11.9 Å². The Morgan fingerprint density at radius 3 is 2.58 bits per heavy atom. The number of carbonyl (C=O) groups is 2. The molecule has 0 aliphatic carbocycles. The van der Waals surface area contributed by atoms with E-state index in [9.17, 15) is 14.4 Å². The molecule has 0 aliphatic heterocycles. The molecule has 0 aliphatic rings. The van der Waals surface area contributed by atoms with Crippen molar-refractivity contribution in [1.82, 2.24) is 20.2 Å². The maximum absolute atomic E-state index is 13.0. The number of para-hydroxylation sites is 1. The van der Waals surface area contributed by atoms with Crippen molar-refractivity contribution in [1.29, 1.82) is 0 Å². The fourth-order valence-corrected chi connectivity index (χ4v) is 3.94. The summed E-state index contributed by atoms with van der Waals surface area (Å²) in [4.78, 5) is 41.8. The number of carbonyl (C=O) groups excluding carboxylic acids is 2. The molecule has 162 valence electrons. The van der Waals surface area contributed by atoms with Crippen LogP contribution in [0.2, 0.25) is 0 Å². The fourth-order valence-electron chi connectivity index (χ4n) is 3.05. The molecule has 8 nitrogen and oxygen atoms in total. The SMILES string of the molecule is COC[C@H](C)n1c(SCC(=O)NC(=O)NCc2ccccc2)nc2ccccc2c1=O. The zero-order chi connectivity index (χ0) is 22.2. The Labute approximate surface area is 184 Å². The van der Waals surface area contributed by atoms with Crippen LogP contribution < -0.4 is 16.2 Å². The van der Waals surface area contributed by atoms with E-state index in [0.29, 0.717) is 29.2 Å². The van der Waals surface area contributed by atoms with E-state index in [1.54, 1.807) is 31.4 Å². The average molecular weight is 441 g/mol. The van der Waals surface area contributed by atoms with Gasteiger partial charge in [0.2, 0.25) is 5.91 Å². The summed E-state index contributed by atoms with van der Waals surface area (Å²) in [5.74, 6) is -0.549. The molecule has 1 heterocycles. The number of hydrogen-bond acceptors (Lipinski definition) is 6. The number of nitrogens with one attached hydrogen (secondary N) is 2. The first kappa shape index (κ1) is 22.5. The molecule has 9 heteroatoms. The highest BCUT2D eigenvalue weighted by atomic mass is 32.2. The van der Waals surface area contributed by atoms with Crippen LogP contribution >= 0.6 is 11.8 Å². The van der Waals surface area contributed by atoms with Crippen LogP contribution in [0.5, 0.6) is 0 Å². The summed E-state index contributed by atoms with van der Waals surface area (Å²) < 4.78 is 6.72. The minimum atomic E-state index is -0.578. The molecule has 0 saturated carbocycles. The third-order valence-electron chi connectivity index (χ3n) is 4.51. The number of nitrogens with zero attached hydrogens (tertiary/aromatic N) is 2. The van der Waals surface area contributed by atoms with Gasteiger partial charge in [-0.25, -0.2) is 9.78 Å². The lowest BCUT2D eigenvalue weighted by atomic mass is 10.2. The number of amides is 3. The van der Waals surface area contributed by atoms with Gasteiger partial charge in [0.05, 0.1) is 29.3 Å². The predicted octanol–water partition coefficient (Wildman–Crippen LogP) is 2.72. The minimum absolute atomic E-state index is 0.0662. The number of rotatable bonds is 8. The second-order valence-corrected chi connectivity index (χ2v) is 7.84. The summed E-state index contributed by atoms with van der Waals surface area (Å²) in [5, 5.41) is 5.83. The first-order chi connectivity index (χ1) is 15.0. The van der Waals surface area contributed by atoms with Crippen molar-refractivity contribution in [3.63, 3.8) is 0 Å². The summed E-state index contributed by atoms with van der Waals surface area (Å²) in [6.45, 7) is 2.48. The van der Waals surface area contributed by atoms with E-state index >= 15 is 0 Å². The lowest BCUT2D eigenvalue weighted by molar-refractivity contribution is -0.117. The molecule has 0 bridgehead atoms. The molecule has 3 rings (SSSR count). The third-order valence-corrected chi connectivity index (χ3v) is 5.46. The normalized spacial score (nSPS) is 11.8. The number of fused-ring (bicyclic) bond motifs is 1. The standard InChI is InChI=1S/C22H24N4O4S/c1-15(13-30-2)26-20(28)17-10-6-7-11-18(17)24-22(26)31-14-19(27)25-21(29)23-12-16-8-4-3-5-9-16/h3-11,15H,12-14H2,1-2H3,(H2,23,25,27,29)/t15-/m0/s1. The highest BCUT2D eigenvalue weighted by Gasteiger charge is 2.18. The van der Waals surface area contributed by atoms with Gasteiger partial charge in [-0.05, 0) is 24.6 Å². The Kier molecular flexibility index (Phi) is 7.80. The lowest BCUT2D eigenvalue weighted by Crippen LogP contribution is -2.40. The molecule has 0 radical (unpaired) electrons. The van der Waals surface area contributed by atoms with Crippen molar-refractivity contribution in [2.45, 2.75) is 24.7 Å². The number of thioether (sulfide) groups is 1. The van der Waals surface area contributed by atoms with Gasteiger partial charge >= 0.3 is 6.03 Å². The smallest absolute Gasteiger partial charge is 0.321 e. The van der Waals surface area contributed by atoms with E-state index in [1.165, 1.54) is 4.57 Å². The molecule has 1 aromatic heterocycles. The van der Waals surface area contributed by atoms with E-state index in [1.807, 2.05) is 37.3 Å². The van der Waals surface area contributed by atoms with Gasteiger partial charge in [-0.2, -0.15) is 0 Å². The van der Waals surface area contributed by atoms with Crippen LogP contribution in [-0.2, 0) is 16.1 Å². The maximum Gasteiger partial charge on any atom is 0.321 e. The molecule has 0 fully saturated rings. The first-order valence-corrected chi connectivity index (χ1v) is 10.7. The van der Waals surface area contributed by atoms with Gasteiger partial charge in [0.25, 0.3) is 5.56 Å². The van der Waals surface area contributed by atoms with Crippen LogP contribution in [0.15, 0.2) is 64.5 Å². The molecule has 31 heavy (non-hydrogen) atoms. The van der Waals surface area contributed by atoms with Crippen molar-refractivity contribution in [3.05, 3.63) is 70.5 Å². The molecule has 2 N–H and O–H groups in total. The van der Waals surface area contributed by atoms with E-state index in [4.69, 9.17) is 4.74 Å². The van der Waals surface area contributed by atoms with Crippen LogP contribution in [-0.4, -0.2) is 41.0 Å². The van der Waals surface area contributed by atoms with Crippen molar-refractivity contribution in [3.8, 4) is 0 Å². The monoisotopic (exact) mass is 440 g/mol. The van der Waals surface area contributed by atoms with Gasteiger partial charge in [0.1, 0.15) is 0 Å². The number of aromatic nitrogens is 2. The highest BCUT2D eigenvalue weighted by molar-refractivity contribution is 7.99. The highest BCUT2D eigenvalue weighted by Crippen LogP contribution is 2.21. The fraction of sp³-hybridized carbons (Fsp3) is 0.273. The molecule has 0 unspecified atom stereocenters. The summed E-state index contributed by atoms with van der Waals surface area (Å²) in [6, 6.07) is 15.6. The Morgan fingerprint density at radius 2 is 1.84 bits per heavy atom. The Morgan fingerprint density at radius 1 is 1.13 bits per heavy atom. The number of imide groups is 1. The van der Waals surface area contributed by atoms with Crippen LogP contribution in [0.3, 0.4) is 0 Å². The third kappa shape index (κ3) is 5.93. The van der Waals surface area contributed by atoms with E-state index in [-0.39, 0.29) is 17.4 Å². The number of urea groups is 1. The quantitative estimate of drug-likeness (QED) is 0.413. The number of ether oxygens (including phenoxy) is 1. The van der Waals surface area contributed by atoms with Gasteiger partial charge in [0.15, 0.2) is 5.16 Å². The lowest BCUT2D eigenvalue weighted by Gasteiger charge is -2.18. The van der Waals surface area contributed by atoms with Gasteiger partial charge in [-0.3, -0.25) is 19.5 Å². The summed E-state index contributed by atoms with van der Waals surface area (Å²) in [7, 11) is 1.56. The van der Waals surface area contributed by atoms with Crippen molar-refractivity contribution in [2.24, 2.45) is 0 Å². The minimum Gasteiger partial charge on any atom is -0.383 e. The zero-order valence-corrected chi connectivity index (χ0v) is 18.1. The van der Waals surface area contributed by atoms with Crippen LogP contribution in [0, 0.1) is 0 Å². The Balaban J connectivity index is 1.67. The average Bonchev–Trinajstić information content (AvgIpc) is 2.77. The maximum atomic E-state index is 13.0. The van der Waals surface area contributed by atoms with E-state index in [0.717, 1.165) is 17.3 Å². The van der Waals surface area contributed by atoms with Crippen LogP contribution in [0.25, 0.3) is 10.9 Å². The van der Waals surface area contributed by atoms with Gasteiger partial charge in [0, 0.05) is 13.7 Å². The summed E-state index contributed by atoms with van der Waals surface area (Å²) in [6.07, 6.45) is 0. The number of hydrogen-bond donors (Lipinski definition) is 2. The summed E-state index contributed by atoms with van der Waals surface area (Å²) >= 11 is 1.10. The number of methoxy groups -OCH3 is 1. The molecule has 3 amide bonds. The Hall–Kier alpha value is -3.17. The van der Waals surface area contributed by atoms with Crippen LogP contribution in [0.4, 0.5) is 4.79 Å². The topological polar surface area (TPSA) is 102 Å². The number of benzene rings is 2. The predicted molar refractivity (Wildman–Crippen MR) is 120 cm³/mol. The van der Waals surface area contributed by atoms with Crippen molar-refractivity contribution < 1.29 is 14.3 Å². The Bertz CT molecular complexity index is 1120. The molecule has 2 aromatic carbocycles. The van der Waals surface area contributed by atoms with Gasteiger partial charge in [-0.1, -0.05) is 54.2 Å².